The zero-order chi connectivity index (χ0) is 29.7. The van der Waals surface area contributed by atoms with Gasteiger partial charge in [-0.2, -0.15) is 0 Å². The van der Waals surface area contributed by atoms with Gasteiger partial charge in [0.25, 0.3) is 0 Å². The minimum absolute atomic E-state index is 0.0295. The van der Waals surface area contributed by atoms with Crippen molar-refractivity contribution in [1.29, 1.82) is 0 Å². The maximum absolute atomic E-state index is 11.5. The number of fused-ring (bicyclic) bond motifs is 2. The monoisotopic (exact) mass is 580 g/mol. The standard InChI is InChI=1S/C35H36N2O6/c1-37-13-11-22-17-30(40-2)31-19-25(22)27(37)15-21-6-9-28(38)29(16-21)42-24-7-4-20(5-8-24)14-26-33-23(10-12-36-26)18-32(41-3)34(39)35(33)43-31/h4-9,16-19,26-27,36,38-39H,10-15H2,1-3H3/t26-,27+/m0/s1. The van der Waals surface area contributed by atoms with Gasteiger partial charge < -0.3 is 34.5 Å². The van der Waals surface area contributed by atoms with E-state index in [4.69, 9.17) is 18.9 Å². The first kappa shape index (κ1) is 27.4. The molecule has 2 atom stereocenters. The highest BCUT2D eigenvalue weighted by atomic mass is 16.5. The minimum atomic E-state index is -0.107. The van der Waals surface area contributed by atoms with E-state index in [9.17, 15) is 10.2 Å². The summed E-state index contributed by atoms with van der Waals surface area (Å²) in [6.45, 7) is 1.68. The summed E-state index contributed by atoms with van der Waals surface area (Å²) in [4.78, 5) is 2.34. The van der Waals surface area contributed by atoms with Crippen molar-refractivity contribution >= 4 is 0 Å². The average Bonchev–Trinajstić information content (AvgIpc) is 3.01. The van der Waals surface area contributed by atoms with Gasteiger partial charge in [-0.25, -0.2) is 0 Å². The highest BCUT2D eigenvalue weighted by molar-refractivity contribution is 5.63. The lowest BCUT2D eigenvalue weighted by Gasteiger charge is -2.36. The second-order valence-electron chi connectivity index (χ2n) is 11.6. The molecule has 0 spiro atoms. The third kappa shape index (κ3) is 5.00. The number of hydrogen-bond acceptors (Lipinski definition) is 8. The zero-order valence-corrected chi connectivity index (χ0v) is 24.6. The number of benzene rings is 4. The van der Waals surface area contributed by atoms with Crippen LogP contribution in [0, 0.1) is 0 Å². The van der Waals surface area contributed by atoms with E-state index in [1.807, 2.05) is 42.5 Å². The summed E-state index contributed by atoms with van der Waals surface area (Å²) in [5, 5.41) is 25.8. The van der Waals surface area contributed by atoms with Gasteiger partial charge in [0.05, 0.1) is 14.2 Å². The first-order valence-corrected chi connectivity index (χ1v) is 14.8. The van der Waals surface area contributed by atoms with Crippen molar-refractivity contribution in [1.82, 2.24) is 10.2 Å². The summed E-state index contributed by atoms with van der Waals surface area (Å²) < 4.78 is 24.3. The molecule has 0 fully saturated rings. The Balaban J connectivity index is 1.43. The highest BCUT2D eigenvalue weighted by Crippen LogP contribution is 2.50. The Kier molecular flexibility index (Phi) is 7.03. The van der Waals surface area contributed by atoms with E-state index in [-0.39, 0.29) is 23.6 Å². The van der Waals surface area contributed by atoms with Crippen molar-refractivity contribution in [3.05, 3.63) is 94.0 Å². The molecule has 6 bridgehead atoms. The van der Waals surface area contributed by atoms with Crippen molar-refractivity contribution in [3.8, 4) is 46.0 Å². The lowest BCUT2D eigenvalue weighted by molar-refractivity contribution is 0.228. The van der Waals surface area contributed by atoms with Gasteiger partial charge in [0, 0.05) is 24.2 Å². The molecule has 43 heavy (non-hydrogen) atoms. The van der Waals surface area contributed by atoms with Crippen molar-refractivity contribution in [2.24, 2.45) is 0 Å². The predicted octanol–water partition coefficient (Wildman–Crippen LogP) is 6.21. The molecule has 8 rings (SSSR count). The van der Waals surface area contributed by atoms with Gasteiger partial charge in [0.1, 0.15) is 5.75 Å². The van der Waals surface area contributed by atoms with Crippen molar-refractivity contribution in [3.63, 3.8) is 0 Å². The number of hydrogen-bond donors (Lipinski definition) is 3. The van der Waals surface area contributed by atoms with E-state index in [0.29, 0.717) is 47.3 Å². The molecule has 0 saturated carbocycles. The van der Waals surface area contributed by atoms with Gasteiger partial charge >= 0.3 is 0 Å². The molecule has 0 aliphatic carbocycles. The van der Waals surface area contributed by atoms with Crippen molar-refractivity contribution in [2.45, 2.75) is 37.8 Å². The molecule has 0 amide bonds. The van der Waals surface area contributed by atoms with E-state index >= 15 is 0 Å². The molecule has 4 aromatic rings. The average molecular weight is 581 g/mol. The Hall–Kier alpha value is -4.40. The first-order chi connectivity index (χ1) is 20.9. The smallest absolute Gasteiger partial charge is 0.201 e. The molecule has 8 heteroatoms. The second-order valence-corrected chi connectivity index (χ2v) is 11.6. The van der Waals surface area contributed by atoms with Gasteiger partial charge in [-0.1, -0.05) is 18.2 Å². The van der Waals surface area contributed by atoms with Crippen LogP contribution in [0.15, 0.2) is 60.7 Å². The third-order valence-corrected chi connectivity index (χ3v) is 9.00. The molecule has 0 unspecified atom stereocenters. The molecule has 4 heterocycles. The number of nitrogens with zero attached hydrogens (tertiary/aromatic N) is 1. The number of phenols is 2. The van der Waals surface area contributed by atoms with Crippen LogP contribution in [0.25, 0.3) is 0 Å². The lowest BCUT2D eigenvalue weighted by atomic mass is 9.88. The molecular formula is C35H36N2O6. The van der Waals surface area contributed by atoms with Crippen LogP contribution in [0.1, 0.15) is 45.5 Å². The fraction of sp³-hybridized carbons (Fsp3) is 0.314. The highest BCUT2D eigenvalue weighted by Gasteiger charge is 2.32. The van der Waals surface area contributed by atoms with Crippen LogP contribution >= 0.6 is 0 Å². The van der Waals surface area contributed by atoms with Gasteiger partial charge in [0.15, 0.2) is 34.5 Å². The normalized spacial score (nSPS) is 19.3. The molecule has 8 nitrogen and oxygen atoms in total. The lowest BCUT2D eigenvalue weighted by Crippen LogP contribution is -2.33. The molecule has 3 N–H and O–H groups in total. The van der Waals surface area contributed by atoms with Crippen LogP contribution in [0.3, 0.4) is 0 Å². The maximum atomic E-state index is 11.5. The third-order valence-electron chi connectivity index (χ3n) is 9.00. The first-order valence-electron chi connectivity index (χ1n) is 14.8. The van der Waals surface area contributed by atoms with Crippen LogP contribution in [0.5, 0.6) is 46.0 Å². The topological polar surface area (TPSA) is 92.7 Å². The van der Waals surface area contributed by atoms with E-state index in [1.54, 1.807) is 20.3 Å². The Labute approximate surface area is 251 Å². The molecule has 0 saturated heterocycles. The van der Waals surface area contributed by atoms with E-state index in [2.05, 4.69) is 29.4 Å². The number of likely N-dealkylation sites (N-methyl/N-ethyl adjacent to an activating group) is 1. The van der Waals surface area contributed by atoms with Crippen LogP contribution in [-0.4, -0.2) is 49.5 Å². The second kappa shape index (κ2) is 11.0. The Morgan fingerprint density at radius 3 is 2.37 bits per heavy atom. The maximum Gasteiger partial charge on any atom is 0.201 e. The fourth-order valence-electron chi connectivity index (χ4n) is 6.69. The van der Waals surface area contributed by atoms with Gasteiger partial charge in [-0.15, -0.1) is 0 Å². The van der Waals surface area contributed by atoms with Gasteiger partial charge in [0.2, 0.25) is 5.75 Å². The fourth-order valence-corrected chi connectivity index (χ4v) is 6.69. The number of rotatable bonds is 2. The van der Waals surface area contributed by atoms with E-state index < -0.39 is 0 Å². The summed E-state index contributed by atoms with van der Waals surface area (Å²) >= 11 is 0. The summed E-state index contributed by atoms with van der Waals surface area (Å²) in [5.74, 6) is 3.08. The van der Waals surface area contributed by atoms with Crippen molar-refractivity contribution < 1.29 is 29.2 Å². The van der Waals surface area contributed by atoms with Crippen LogP contribution in [-0.2, 0) is 25.7 Å². The molecule has 222 valence electrons. The number of phenolic OH excluding ortho intramolecular Hbond substituents is 2. The summed E-state index contributed by atoms with van der Waals surface area (Å²) in [7, 11) is 5.34. The predicted molar refractivity (Wildman–Crippen MR) is 163 cm³/mol. The van der Waals surface area contributed by atoms with Crippen LogP contribution in [0.4, 0.5) is 0 Å². The minimum Gasteiger partial charge on any atom is -0.504 e. The van der Waals surface area contributed by atoms with Crippen LogP contribution < -0.4 is 24.3 Å². The molecule has 0 aromatic heterocycles. The quantitative estimate of drug-likeness (QED) is 0.258. The Morgan fingerprint density at radius 2 is 1.58 bits per heavy atom. The summed E-state index contributed by atoms with van der Waals surface area (Å²) in [6, 6.07) is 19.5. The van der Waals surface area contributed by atoms with Crippen molar-refractivity contribution in [2.75, 3.05) is 34.4 Å². The SMILES string of the molecule is COc1cc2c3cc1Oc1c(O)c(OC)cc4c1[C@H](Cc1ccc(cc1)Oc1cc(ccc1O)C[C@H]3N(C)CC2)NCC4. The molecule has 4 aromatic carbocycles. The number of methoxy groups -OCH3 is 2. The molecule has 4 aliphatic rings. The number of ether oxygens (including phenoxy) is 4. The largest absolute Gasteiger partial charge is 0.504 e. The molecule has 0 radical (unpaired) electrons. The number of aromatic hydroxyl groups is 2. The Bertz CT molecular complexity index is 1690. The summed E-state index contributed by atoms with van der Waals surface area (Å²) in [5.41, 5.74) is 6.47. The van der Waals surface area contributed by atoms with Crippen LogP contribution in [0.2, 0.25) is 0 Å². The zero-order valence-electron chi connectivity index (χ0n) is 24.6. The van der Waals surface area contributed by atoms with Gasteiger partial charge in [-0.3, -0.25) is 4.90 Å². The van der Waals surface area contributed by atoms with E-state index in [1.165, 1.54) is 5.56 Å². The number of nitrogens with one attached hydrogen (secondary N) is 1. The Morgan fingerprint density at radius 1 is 0.814 bits per heavy atom. The molecule has 4 aliphatic heterocycles. The van der Waals surface area contributed by atoms with E-state index in [0.717, 1.165) is 53.7 Å². The molecular weight excluding hydrogens is 544 g/mol. The van der Waals surface area contributed by atoms with Gasteiger partial charge in [-0.05, 0) is 110 Å². The summed E-state index contributed by atoms with van der Waals surface area (Å²) in [6.07, 6.45) is 3.03.